The van der Waals surface area contributed by atoms with Crippen LogP contribution in [0.15, 0.2) is 24.5 Å². The van der Waals surface area contributed by atoms with Crippen LogP contribution in [0, 0.1) is 11.6 Å². The Hall–Kier alpha value is -2.39. The monoisotopic (exact) mass is 432 g/mol. The summed E-state index contributed by atoms with van der Waals surface area (Å²) in [6.07, 6.45) is 4.88. The Bertz CT molecular complexity index is 1030. The minimum atomic E-state index is -0.928. The van der Waals surface area contributed by atoms with Gasteiger partial charge in [-0.25, -0.2) is 8.78 Å². The Morgan fingerprint density at radius 2 is 1.67 bits per heavy atom. The summed E-state index contributed by atoms with van der Waals surface area (Å²) in [4.78, 5) is 2.11. The van der Waals surface area contributed by atoms with Gasteiger partial charge >= 0.3 is 0 Å². The lowest BCUT2D eigenvalue weighted by molar-refractivity contribution is 0.161. The zero-order valence-electron chi connectivity index (χ0n) is 17.8. The summed E-state index contributed by atoms with van der Waals surface area (Å²) < 4.78 is 29.5. The molecular formula is C21H26F2N6S. The second-order valence-electron chi connectivity index (χ2n) is 9.23. The van der Waals surface area contributed by atoms with Gasteiger partial charge in [-0.15, -0.1) is 10.2 Å². The first-order chi connectivity index (χ1) is 14.1. The number of piperidine rings is 1. The van der Waals surface area contributed by atoms with Gasteiger partial charge in [-0.05, 0) is 46.6 Å². The molecular weight excluding hydrogens is 406 g/mol. The zero-order chi connectivity index (χ0) is 21.7. The van der Waals surface area contributed by atoms with E-state index in [9.17, 15) is 8.78 Å². The van der Waals surface area contributed by atoms with E-state index in [1.165, 1.54) is 23.7 Å². The molecule has 0 aliphatic carbocycles. The second kappa shape index (κ2) is 7.39. The summed E-state index contributed by atoms with van der Waals surface area (Å²) in [5.74, 6) is -1.84. The molecule has 30 heavy (non-hydrogen) atoms. The van der Waals surface area contributed by atoms with Crippen LogP contribution >= 0.6 is 11.3 Å². The van der Waals surface area contributed by atoms with Gasteiger partial charge in [0.1, 0.15) is 0 Å². The van der Waals surface area contributed by atoms with Crippen molar-refractivity contribution in [3.8, 4) is 21.7 Å². The van der Waals surface area contributed by atoms with E-state index in [-0.39, 0.29) is 28.2 Å². The van der Waals surface area contributed by atoms with E-state index < -0.39 is 11.6 Å². The van der Waals surface area contributed by atoms with Gasteiger partial charge in [-0.3, -0.25) is 5.10 Å². The number of aromatic nitrogens is 4. The lowest BCUT2D eigenvalue weighted by Crippen LogP contribution is -2.61. The number of hydrogen-bond acceptors (Lipinski definition) is 6. The number of nitrogens with zero attached hydrogens (tertiary/aromatic N) is 4. The van der Waals surface area contributed by atoms with Crippen molar-refractivity contribution in [3.05, 3.63) is 36.2 Å². The molecule has 9 heteroatoms. The highest BCUT2D eigenvalue weighted by molar-refractivity contribution is 7.18. The molecule has 0 bridgehead atoms. The first-order valence-electron chi connectivity index (χ1n) is 9.89. The fraction of sp³-hybridized carbons (Fsp3) is 0.476. The molecule has 0 atom stereocenters. The van der Waals surface area contributed by atoms with E-state index in [0.717, 1.165) is 12.8 Å². The van der Waals surface area contributed by atoms with Crippen molar-refractivity contribution in [2.75, 3.05) is 11.9 Å². The van der Waals surface area contributed by atoms with Crippen molar-refractivity contribution in [1.82, 2.24) is 25.7 Å². The highest BCUT2D eigenvalue weighted by Gasteiger charge is 2.39. The normalized spacial score (nSPS) is 18.5. The van der Waals surface area contributed by atoms with Crippen LogP contribution in [0.5, 0.6) is 0 Å². The quantitative estimate of drug-likeness (QED) is 0.630. The van der Waals surface area contributed by atoms with Crippen molar-refractivity contribution in [3.63, 3.8) is 0 Å². The molecule has 2 aromatic heterocycles. The maximum Gasteiger partial charge on any atom is 0.208 e. The summed E-state index contributed by atoms with van der Waals surface area (Å²) in [5.41, 5.74) is 0.749. The number of benzene rings is 1. The number of aromatic amines is 1. The van der Waals surface area contributed by atoms with Gasteiger partial charge in [0.2, 0.25) is 5.13 Å². The molecule has 1 aromatic carbocycles. The summed E-state index contributed by atoms with van der Waals surface area (Å²) in [7, 11) is 1.99. The Morgan fingerprint density at radius 1 is 1.03 bits per heavy atom. The van der Waals surface area contributed by atoms with Crippen LogP contribution in [-0.4, -0.2) is 44.6 Å². The standard InChI is InChI=1S/C21H26F2N6S/c1-20(2)8-13(9-21(3,4)28-20)29(5)19-27-26-18(30-19)15-7-6-14(16(22)17(15)23)12-10-24-25-11-12/h6-7,10-11,13,28H,8-9H2,1-5H3,(H,24,25). The van der Waals surface area contributed by atoms with Crippen molar-refractivity contribution in [2.24, 2.45) is 0 Å². The number of nitrogens with one attached hydrogen (secondary N) is 2. The summed E-state index contributed by atoms with van der Waals surface area (Å²) in [5, 5.41) is 19.6. The topological polar surface area (TPSA) is 69.7 Å². The molecule has 3 aromatic rings. The van der Waals surface area contributed by atoms with E-state index in [1.807, 2.05) is 7.05 Å². The van der Waals surface area contributed by atoms with Crippen LogP contribution in [0.1, 0.15) is 40.5 Å². The third-order valence-corrected chi connectivity index (χ3v) is 6.60. The molecule has 0 amide bonds. The van der Waals surface area contributed by atoms with Crippen molar-refractivity contribution in [2.45, 2.75) is 57.7 Å². The van der Waals surface area contributed by atoms with Crippen LogP contribution in [0.2, 0.25) is 0 Å². The molecule has 1 aliphatic rings. The van der Waals surface area contributed by atoms with E-state index in [0.29, 0.717) is 15.7 Å². The lowest BCUT2D eigenvalue weighted by atomic mass is 9.79. The van der Waals surface area contributed by atoms with E-state index in [1.54, 1.807) is 12.1 Å². The van der Waals surface area contributed by atoms with Gasteiger partial charge in [0.15, 0.2) is 16.6 Å². The summed E-state index contributed by atoms with van der Waals surface area (Å²) in [6.45, 7) is 8.78. The first kappa shape index (κ1) is 20.9. The van der Waals surface area contributed by atoms with Crippen molar-refractivity contribution in [1.29, 1.82) is 0 Å². The number of H-pyrrole nitrogens is 1. The Labute approximate surface area is 178 Å². The highest BCUT2D eigenvalue weighted by atomic mass is 32.1. The molecule has 6 nitrogen and oxygen atoms in total. The zero-order valence-corrected chi connectivity index (χ0v) is 18.6. The van der Waals surface area contributed by atoms with Gasteiger partial charge in [-0.1, -0.05) is 17.4 Å². The maximum atomic E-state index is 14.8. The minimum absolute atomic E-state index is 0.00759. The van der Waals surface area contributed by atoms with Crippen LogP contribution in [0.3, 0.4) is 0 Å². The molecule has 1 fully saturated rings. The number of anilines is 1. The molecule has 3 heterocycles. The average Bonchev–Trinajstić information content (AvgIpc) is 3.32. The van der Waals surface area contributed by atoms with Gasteiger partial charge < -0.3 is 10.2 Å². The SMILES string of the molecule is CN(c1nnc(-c2ccc(-c3cn[nH]c3)c(F)c2F)s1)C1CC(C)(C)NC(C)(C)C1. The summed E-state index contributed by atoms with van der Waals surface area (Å²) in [6, 6.07) is 3.35. The van der Waals surface area contributed by atoms with Crippen molar-refractivity contribution < 1.29 is 8.78 Å². The van der Waals surface area contributed by atoms with E-state index in [4.69, 9.17) is 0 Å². The van der Waals surface area contributed by atoms with E-state index in [2.05, 4.69) is 58.3 Å². The number of hydrogen-bond donors (Lipinski definition) is 2. The van der Waals surface area contributed by atoms with E-state index >= 15 is 0 Å². The first-order valence-corrected chi connectivity index (χ1v) is 10.7. The predicted octanol–water partition coefficient (Wildman–Crippen LogP) is 4.62. The van der Waals surface area contributed by atoms with Gasteiger partial charge in [0.25, 0.3) is 0 Å². The number of halogens is 2. The minimum Gasteiger partial charge on any atom is -0.347 e. The highest BCUT2D eigenvalue weighted by Crippen LogP contribution is 2.37. The second-order valence-corrected chi connectivity index (χ2v) is 10.2. The fourth-order valence-electron chi connectivity index (χ4n) is 4.50. The molecule has 2 N–H and O–H groups in total. The van der Waals surface area contributed by atoms with Gasteiger partial charge in [-0.2, -0.15) is 5.10 Å². The lowest BCUT2D eigenvalue weighted by Gasteiger charge is -2.48. The molecule has 160 valence electrons. The van der Waals surface area contributed by atoms with Crippen LogP contribution in [0.25, 0.3) is 21.7 Å². The third-order valence-electron chi connectivity index (χ3n) is 5.55. The Kier molecular flexibility index (Phi) is 5.14. The number of rotatable bonds is 4. The predicted molar refractivity (Wildman–Crippen MR) is 116 cm³/mol. The van der Waals surface area contributed by atoms with Gasteiger partial charge in [0.05, 0.1) is 11.8 Å². The fourth-order valence-corrected chi connectivity index (χ4v) is 5.40. The molecule has 1 saturated heterocycles. The molecule has 0 radical (unpaired) electrons. The van der Waals surface area contributed by atoms with Gasteiger partial charge in [0, 0.05) is 41.5 Å². The maximum absolute atomic E-state index is 14.8. The third kappa shape index (κ3) is 3.96. The van der Waals surface area contributed by atoms with Crippen LogP contribution in [-0.2, 0) is 0 Å². The average molecular weight is 433 g/mol. The molecule has 4 rings (SSSR count). The van der Waals surface area contributed by atoms with Crippen LogP contribution in [0.4, 0.5) is 13.9 Å². The molecule has 0 spiro atoms. The summed E-state index contributed by atoms with van der Waals surface area (Å²) >= 11 is 1.27. The molecule has 0 saturated carbocycles. The molecule has 1 aliphatic heterocycles. The van der Waals surface area contributed by atoms with Crippen LogP contribution < -0.4 is 10.2 Å². The Morgan fingerprint density at radius 3 is 2.30 bits per heavy atom. The smallest absolute Gasteiger partial charge is 0.208 e. The molecule has 0 unspecified atom stereocenters. The Balaban J connectivity index is 1.61. The van der Waals surface area contributed by atoms with Crippen molar-refractivity contribution >= 4 is 16.5 Å². The largest absolute Gasteiger partial charge is 0.347 e.